The number of amides is 1. The standard InChI is InChI=1S/C19H24BrN3O2/c1-12-9-16(23(11-12)18(24)25-19(2,3)4)17-21-10-15(22-17)13-5-7-14(20)8-6-13/h5-8,10,12,16H,9,11H2,1-4H3,(H,21,22)/t12-,16+/m0/s1. The van der Waals surface area contributed by atoms with Crippen molar-refractivity contribution in [2.45, 2.75) is 45.8 Å². The monoisotopic (exact) mass is 405 g/mol. The van der Waals surface area contributed by atoms with E-state index in [1.807, 2.05) is 51.2 Å². The molecule has 134 valence electrons. The molecule has 1 aromatic carbocycles. The van der Waals surface area contributed by atoms with E-state index in [1.54, 1.807) is 4.90 Å². The molecule has 1 saturated heterocycles. The fourth-order valence-corrected chi connectivity index (χ4v) is 3.37. The fraction of sp³-hybridized carbons (Fsp3) is 0.474. The maximum atomic E-state index is 12.6. The van der Waals surface area contributed by atoms with Gasteiger partial charge in [-0.1, -0.05) is 35.0 Å². The van der Waals surface area contributed by atoms with Gasteiger partial charge in [0.05, 0.1) is 17.9 Å². The summed E-state index contributed by atoms with van der Waals surface area (Å²) in [7, 11) is 0. The van der Waals surface area contributed by atoms with Crippen LogP contribution in [0.4, 0.5) is 4.79 Å². The molecule has 1 N–H and O–H groups in total. The van der Waals surface area contributed by atoms with Gasteiger partial charge in [-0.05, 0) is 50.8 Å². The Morgan fingerprint density at radius 3 is 2.64 bits per heavy atom. The fourth-order valence-electron chi connectivity index (χ4n) is 3.11. The molecule has 0 radical (unpaired) electrons. The Kier molecular flexibility index (Phi) is 4.91. The number of ether oxygens (including phenoxy) is 1. The minimum atomic E-state index is -0.501. The lowest BCUT2D eigenvalue weighted by molar-refractivity contribution is 0.0214. The molecular formula is C19H24BrN3O2. The second-order valence-electron chi connectivity index (χ2n) is 7.68. The minimum absolute atomic E-state index is 0.0750. The first kappa shape index (κ1) is 18.0. The lowest BCUT2D eigenvalue weighted by atomic mass is 10.1. The van der Waals surface area contributed by atoms with Crippen LogP contribution in [0.25, 0.3) is 11.3 Å². The Morgan fingerprint density at radius 1 is 1.32 bits per heavy atom. The van der Waals surface area contributed by atoms with Crippen molar-refractivity contribution in [1.82, 2.24) is 14.9 Å². The summed E-state index contributed by atoms with van der Waals surface area (Å²) >= 11 is 3.45. The molecular weight excluding hydrogens is 382 g/mol. The van der Waals surface area contributed by atoms with Gasteiger partial charge in [-0.2, -0.15) is 0 Å². The van der Waals surface area contributed by atoms with Gasteiger partial charge in [0.15, 0.2) is 0 Å². The molecule has 2 atom stereocenters. The minimum Gasteiger partial charge on any atom is -0.444 e. The van der Waals surface area contributed by atoms with E-state index in [0.29, 0.717) is 12.5 Å². The molecule has 2 aromatic rings. The maximum absolute atomic E-state index is 12.6. The number of nitrogens with one attached hydrogen (secondary N) is 1. The highest BCUT2D eigenvalue weighted by molar-refractivity contribution is 9.10. The summed E-state index contributed by atoms with van der Waals surface area (Å²) in [6.45, 7) is 8.50. The topological polar surface area (TPSA) is 58.2 Å². The van der Waals surface area contributed by atoms with Crippen molar-refractivity contribution in [3.05, 3.63) is 40.8 Å². The van der Waals surface area contributed by atoms with Gasteiger partial charge < -0.3 is 9.72 Å². The third-order valence-electron chi connectivity index (χ3n) is 4.20. The lowest BCUT2D eigenvalue weighted by Crippen LogP contribution is -2.37. The third-order valence-corrected chi connectivity index (χ3v) is 4.73. The molecule has 0 unspecified atom stereocenters. The van der Waals surface area contributed by atoms with Crippen LogP contribution in [0.1, 0.15) is 46.0 Å². The summed E-state index contributed by atoms with van der Waals surface area (Å²) in [5.41, 5.74) is 1.52. The summed E-state index contributed by atoms with van der Waals surface area (Å²) in [6, 6.07) is 7.99. The molecule has 2 heterocycles. The Hall–Kier alpha value is -1.82. The Balaban J connectivity index is 1.82. The molecule has 1 aliphatic heterocycles. The largest absolute Gasteiger partial charge is 0.444 e. The molecule has 1 amide bonds. The second-order valence-corrected chi connectivity index (χ2v) is 8.59. The first-order valence-corrected chi connectivity index (χ1v) is 9.33. The number of likely N-dealkylation sites (tertiary alicyclic amines) is 1. The van der Waals surface area contributed by atoms with Gasteiger partial charge in [0.25, 0.3) is 0 Å². The Labute approximate surface area is 156 Å². The Morgan fingerprint density at radius 2 is 2.00 bits per heavy atom. The van der Waals surface area contributed by atoms with Crippen molar-refractivity contribution in [2.24, 2.45) is 5.92 Å². The van der Waals surface area contributed by atoms with Crippen LogP contribution in [0.5, 0.6) is 0 Å². The van der Waals surface area contributed by atoms with Gasteiger partial charge in [0.2, 0.25) is 0 Å². The molecule has 0 saturated carbocycles. The van der Waals surface area contributed by atoms with Crippen molar-refractivity contribution >= 4 is 22.0 Å². The normalized spacial score (nSPS) is 20.8. The van der Waals surface area contributed by atoms with E-state index in [1.165, 1.54) is 0 Å². The number of hydrogen-bond acceptors (Lipinski definition) is 3. The van der Waals surface area contributed by atoms with Crippen LogP contribution in [-0.2, 0) is 4.74 Å². The summed E-state index contributed by atoms with van der Waals surface area (Å²) in [6.07, 6.45) is 2.44. The number of imidazole rings is 1. The van der Waals surface area contributed by atoms with Gasteiger partial charge in [-0.25, -0.2) is 9.78 Å². The van der Waals surface area contributed by atoms with E-state index in [9.17, 15) is 4.79 Å². The predicted octanol–water partition coefficient (Wildman–Crippen LogP) is 5.16. The molecule has 5 nitrogen and oxygen atoms in total. The average molecular weight is 406 g/mol. The van der Waals surface area contributed by atoms with Crippen LogP contribution in [0.15, 0.2) is 34.9 Å². The average Bonchev–Trinajstić information content (AvgIpc) is 3.12. The Bertz CT molecular complexity index is 749. The van der Waals surface area contributed by atoms with Gasteiger partial charge in [0, 0.05) is 11.0 Å². The van der Waals surface area contributed by atoms with Gasteiger partial charge in [0.1, 0.15) is 11.4 Å². The van der Waals surface area contributed by atoms with Gasteiger partial charge in [-0.15, -0.1) is 0 Å². The first-order valence-electron chi connectivity index (χ1n) is 8.53. The highest BCUT2D eigenvalue weighted by Gasteiger charge is 2.38. The maximum Gasteiger partial charge on any atom is 0.410 e. The molecule has 0 aliphatic carbocycles. The van der Waals surface area contributed by atoms with Crippen molar-refractivity contribution in [3.8, 4) is 11.3 Å². The number of hydrogen-bond donors (Lipinski definition) is 1. The van der Waals surface area contributed by atoms with E-state index in [0.717, 1.165) is 28.0 Å². The molecule has 3 rings (SSSR count). The number of nitrogens with zero attached hydrogens (tertiary/aromatic N) is 2. The number of halogens is 1. The zero-order valence-electron chi connectivity index (χ0n) is 15.0. The number of aromatic amines is 1. The molecule has 1 fully saturated rings. The summed E-state index contributed by atoms with van der Waals surface area (Å²) in [5, 5.41) is 0. The first-order chi connectivity index (χ1) is 11.7. The van der Waals surface area contributed by atoms with Crippen molar-refractivity contribution in [1.29, 1.82) is 0 Å². The van der Waals surface area contributed by atoms with E-state index >= 15 is 0 Å². The van der Waals surface area contributed by atoms with Crippen LogP contribution < -0.4 is 0 Å². The zero-order chi connectivity index (χ0) is 18.2. The van der Waals surface area contributed by atoms with Crippen molar-refractivity contribution in [2.75, 3.05) is 6.54 Å². The number of aromatic nitrogens is 2. The summed E-state index contributed by atoms with van der Waals surface area (Å²) in [4.78, 5) is 22.3. The number of carbonyl (C=O) groups excluding carboxylic acids is 1. The number of benzene rings is 1. The number of rotatable bonds is 2. The SMILES string of the molecule is C[C@H]1C[C@H](c2ncc(-c3ccc(Br)cc3)[nH]2)N(C(=O)OC(C)(C)C)C1. The van der Waals surface area contributed by atoms with E-state index in [4.69, 9.17) is 4.74 Å². The molecule has 0 spiro atoms. The van der Waals surface area contributed by atoms with Gasteiger partial charge in [-0.3, -0.25) is 4.90 Å². The number of carbonyl (C=O) groups is 1. The van der Waals surface area contributed by atoms with E-state index < -0.39 is 5.60 Å². The predicted molar refractivity (Wildman–Crippen MR) is 101 cm³/mol. The third kappa shape index (κ3) is 4.24. The smallest absolute Gasteiger partial charge is 0.410 e. The highest BCUT2D eigenvalue weighted by atomic mass is 79.9. The molecule has 0 bridgehead atoms. The zero-order valence-corrected chi connectivity index (χ0v) is 16.6. The summed E-state index contributed by atoms with van der Waals surface area (Å²) in [5.74, 6) is 1.23. The molecule has 1 aliphatic rings. The van der Waals surface area contributed by atoms with Crippen LogP contribution in [-0.4, -0.2) is 33.1 Å². The van der Waals surface area contributed by atoms with Gasteiger partial charge >= 0.3 is 6.09 Å². The number of H-pyrrole nitrogens is 1. The van der Waals surface area contributed by atoms with E-state index in [-0.39, 0.29) is 12.1 Å². The summed E-state index contributed by atoms with van der Waals surface area (Å²) < 4.78 is 6.61. The van der Waals surface area contributed by atoms with Crippen molar-refractivity contribution in [3.63, 3.8) is 0 Å². The van der Waals surface area contributed by atoms with Crippen molar-refractivity contribution < 1.29 is 9.53 Å². The second kappa shape index (κ2) is 6.83. The van der Waals surface area contributed by atoms with Crippen LogP contribution in [0.3, 0.4) is 0 Å². The van der Waals surface area contributed by atoms with Crippen LogP contribution >= 0.6 is 15.9 Å². The highest BCUT2D eigenvalue weighted by Crippen LogP contribution is 2.35. The van der Waals surface area contributed by atoms with Crippen LogP contribution in [0.2, 0.25) is 0 Å². The lowest BCUT2D eigenvalue weighted by Gasteiger charge is -2.27. The molecule has 1 aromatic heterocycles. The van der Waals surface area contributed by atoms with Crippen LogP contribution in [0, 0.1) is 5.92 Å². The van der Waals surface area contributed by atoms with E-state index in [2.05, 4.69) is 32.8 Å². The molecule has 25 heavy (non-hydrogen) atoms. The quantitative estimate of drug-likeness (QED) is 0.750. The molecule has 6 heteroatoms.